The molecule has 0 aliphatic rings. The fourth-order valence-electron chi connectivity index (χ4n) is 2.60. The highest BCUT2D eigenvalue weighted by Crippen LogP contribution is 2.19. The molecule has 0 radical (unpaired) electrons. The predicted octanol–water partition coefficient (Wildman–Crippen LogP) is 4.62. The molecule has 3 rings (SSSR count). The van der Waals surface area contributed by atoms with Gasteiger partial charge in [-0.15, -0.1) is 11.6 Å². The molecule has 0 saturated carbocycles. The van der Waals surface area contributed by atoms with E-state index >= 15 is 0 Å². The molecule has 0 saturated heterocycles. The Bertz CT molecular complexity index is 1090. The van der Waals surface area contributed by atoms with Crippen LogP contribution in [0.15, 0.2) is 62.7 Å². The summed E-state index contributed by atoms with van der Waals surface area (Å²) in [4.78, 5) is 28.4. The van der Waals surface area contributed by atoms with Gasteiger partial charge in [-0.3, -0.25) is 4.99 Å². The van der Waals surface area contributed by atoms with Crippen LogP contribution in [0.3, 0.4) is 0 Å². The average Bonchev–Trinajstić information content (AvgIpc) is 2.81. The Kier molecular flexibility index (Phi) is 11.6. The molecule has 1 heterocycles. The zero-order chi connectivity index (χ0) is 24.1. The van der Waals surface area contributed by atoms with Gasteiger partial charge in [0, 0.05) is 17.8 Å². The number of guanidine groups is 1. The molecule has 0 unspecified atom stereocenters. The minimum atomic E-state index is -0.791. The molecule has 0 bridgehead atoms. The summed E-state index contributed by atoms with van der Waals surface area (Å²) in [6, 6.07) is 13.5. The number of nitrogens with two attached hydrogens (primary N) is 2. The summed E-state index contributed by atoms with van der Waals surface area (Å²) >= 11 is 5.82. The standard InChI is InChI=1S/C20H18ClN3O4.2C2H6/c21-11-13-3-6-17-14(9-13)10-16(19(26)28-17)18(25)27-15-4-1-12(2-5-15)7-8-24-20(22)23;2*1-2/h1-6,9-10H,7-8,11H2,(H4,22,23,24);2*1-2H3. The van der Waals surface area contributed by atoms with Crippen molar-refractivity contribution < 1.29 is 13.9 Å². The summed E-state index contributed by atoms with van der Waals surface area (Å²) in [7, 11) is 0. The normalized spacial score (nSPS) is 9.66. The van der Waals surface area contributed by atoms with Gasteiger partial charge in [-0.2, -0.15) is 0 Å². The van der Waals surface area contributed by atoms with Crippen LogP contribution in [0.1, 0.15) is 49.2 Å². The van der Waals surface area contributed by atoms with Crippen molar-refractivity contribution in [3.05, 3.63) is 75.6 Å². The molecular weight excluding hydrogens is 430 g/mol. The van der Waals surface area contributed by atoms with E-state index in [1.807, 2.05) is 27.7 Å². The number of aliphatic imine (C=N–C) groups is 1. The number of hydrogen-bond acceptors (Lipinski definition) is 5. The van der Waals surface area contributed by atoms with Gasteiger partial charge in [-0.25, -0.2) is 9.59 Å². The van der Waals surface area contributed by atoms with E-state index in [0.29, 0.717) is 35.6 Å². The maximum absolute atomic E-state index is 12.4. The van der Waals surface area contributed by atoms with Crippen LogP contribution in [0.25, 0.3) is 11.0 Å². The first kappa shape index (κ1) is 26.7. The van der Waals surface area contributed by atoms with Crippen molar-refractivity contribution in [3.8, 4) is 5.75 Å². The van der Waals surface area contributed by atoms with Gasteiger partial charge in [0.25, 0.3) is 0 Å². The summed E-state index contributed by atoms with van der Waals surface area (Å²) in [5.74, 6) is -0.132. The summed E-state index contributed by atoms with van der Waals surface area (Å²) < 4.78 is 10.5. The van der Waals surface area contributed by atoms with Crippen LogP contribution in [0.2, 0.25) is 0 Å². The van der Waals surface area contributed by atoms with Crippen LogP contribution in [0.5, 0.6) is 5.75 Å². The van der Waals surface area contributed by atoms with E-state index < -0.39 is 11.6 Å². The third-order valence-electron chi connectivity index (χ3n) is 4.00. The van der Waals surface area contributed by atoms with Crippen molar-refractivity contribution in [2.75, 3.05) is 6.54 Å². The number of carbonyl (C=O) groups is 1. The fraction of sp³-hybridized carbons (Fsp3) is 0.292. The Morgan fingerprint density at radius 1 is 1.00 bits per heavy atom. The minimum absolute atomic E-state index is 0.0398. The number of fused-ring (bicyclic) bond motifs is 1. The number of esters is 1. The lowest BCUT2D eigenvalue weighted by atomic mass is 10.1. The maximum atomic E-state index is 12.4. The van der Waals surface area contributed by atoms with Crippen LogP contribution in [0.4, 0.5) is 0 Å². The Labute approximate surface area is 193 Å². The molecule has 7 nitrogen and oxygen atoms in total. The van der Waals surface area contributed by atoms with E-state index in [1.54, 1.807) is 42.5 Å². The minimum Gasteiger partial charge on any atom is -0.423 e. The highest BCUT2D eigenvalue weighted by molar-refractivity contribution is 6.17. The molecule has 8 heteroatoms. The molecule has 0 aliphatic heterocycles. The lowest BCUT2D eigenvalue weighted by molar-refractivity contribution is 0.0730. The molecule has 0 amide bonds. The average molecular weight is 460 g/mol. The van der Waals surface area contributed by atoms with E-state index in [2.05, 4.69) is 4.99 Å². The van der Waals surface area contributed by atoms with Gasteiger partial charge >= 0.3 is 11.6 Å². The molecular formula is C24H30ClN3O4. The van der Waals surface area contributed by atoms with Crippen molar-refractivity contribution in [3.63, 3.8) is 0 Å². The van der Waals surface area contributed by atoms with Crippen molar-refractivity contribution >= 4 is 34.5 Å². The zero-order valence-electron chi connectivity index (χ0n) is 18.9. The van der Waals surface area contributed by atoms with Gasteiger partial charge in [0.15, 0.2) is 5.96 Å². The van der Waals surface area contributed by atoms with E-state index in [1.165, 1.54) is 6.07 Å². The molecule has 1 aromatic heterocycles. The topological polar surface area (TPSA) is 121 Å². The smallest absolute Gasteiger partial charge is 0.351 e. The van der Waals surface area contributed by atoms with Crippen LogP contribution < -0.4 is 21.8 Å². The SMILES string of the molecule is CC.CC.NC(N)=NCCc1ccc(OC(=O)c2cc3cc(CCl)ccc3oc2=O)cc1. The van der Waals surface area contributed by atoms with Gasteiger partial charge in [-0.1, -0.05) is 45.9 Å². The number of benzene rings is 2. The molecule has 0 spiro atoms. The van der Waals surface area contributed by atoms with Gasteiger partial charge < -0.3 is 20.6 Å². The number of ether oxygens (including phenoxy) is 1. The van der Waals surface area contributed by atoms with Crippen molar-refractivity contribution in [2.24, 2.45) is 16.5 Å². The molecule has 0 fully saturated rings. The Balaban J connectivity index is 0.00000121. The second-order valence-corrected chi connectivity index (χ2v) is 6.31. The van der Waals surface area contributed by atoms with Gasteiger partial charge in [-0.05, 0) is 47.9 Å². The number of alkyl halides is 1. The van der Waals surface area contributed by atoms with Crippen LogP contribution in [-0.4, -0.2) is 18.5 Å². The second kappa shape index (κ2) is 13.9. The van der Waals surface area contributed by atoms with Crippen molar-refractivity contribution in [1.29, 1.82) is 0 Å². The highest BCUT2D eigenvalue weighted by atomic mass is 35.5. The third-order valence-corrected chi connectivity index (χ3v) is 4.31. The Morgan fingerprint density at radius 2 is 1.62 bits per heavy atom. The first-order valence-electron chi connectivity index (χ1n) is 10.5. The Hall–Kier alpha value is -3.32. The van der Waals surface area contributed by atoms with Crippen molar-refractivity contribution in [2.45, 2.75) is 40.0 Å². The zero-order valence-corrected chi connectivity index (χ0v) is 19.6. The van der Waals surface area contributed by atoms with Crippen LogP contribution in [-0.2, 0) is 12.3 Å². The van der Waals surface area contributed by atoms with E-state index in [9.17, 15) is 9.59 Å². The quantitative estimate of drug-likeness (QED) is 0.138. The van der Waals surface area contributed by atoms with E-state index in [0.717, 1.165) is 11.1 Å². The third kappa shape index (κ3) is 7.74. The first-order chi connectivity index (χ1) is 15.5. The molecule has 4 N–H and O–H groups in total. The fourth-order valence-corrected chi connectivity index (χ4v) is 2.76. The molecule has 3 aromatic rings. The lowest BCUT2D eigenvalue weighted by Crippen LogP contribution is -2.23. The summed E-state index contributed by atoms with van der Waals surface area (Å²) in [6.45, 7) is 8.46. The van der Waals surface area contributed by atoms with E-state index in [4.69, 9.17) is 32.2 Å². The second-order valence-electron chi connectivity index (χ2n) is 6.04. The van der Waals surface area contributed by atoms with E-state index in [-0.39, 0.29) is 11.5 Å². The number of hydrogen-bond donors (Lipinski definition) is 2. The van der Waals surface area contributed by atoms with Crippen molar-refractivity contribution in [1.82, 2.24) is 0 Å². The molecule has 0 aliphatic carbocycles. The van der Waals surface area contributed by atoms with Gasteiger partial charge in [0.2, 0.25) is 0 Å². The maximum Gasteiger partial charge on any atom is 0.351 e. The predicted molar refractivity (Wildman–Crippen MR) is 131 cm³/mol. The molecule has 172 valence electrons. The lowest BCUT2D eigenvalue weighted by Gasteiger charge is -2.06. The van der Waals surface area contributed by atoms with Gasteiger partial charge in [0.1, 0.15) is 16.9 Å². The summed E-state index contributed by atoms with van der Waals surface area (Å²) in [5, 5.41) is 0.597. The number of carbonyl (C=O) groups excluding carboxylic acids is 1. The molecule has 2 aromatic carbocycles. The largest absolute Gasteiger partial charge is 0.423 e. The van der Waals surface area contributed by atoms with Gasteiger partial charge in [0.05, 0.1) is 0 Å². The molecule has 0 atom stereocenters. The van der Waals surface area contributed by atoms with Crippen LogP contribution >= 0.6 is 11.6 Å². The van der Waals surface area contributed by atoms with Crippen LogP contribution in [0, 0.1) is 0 Å². The summed E-state index contributed by atoms with van der Waals surface area (Å²) in [6.07, 6.45) is 0.642. The monoisotopic (exact) mass is 459 g/mol. The highest BCUT2D eigenvalue weighted by Gasteiger charge is 2.16. The number of rotatable bonds is 6. The first-order valence-corrected chi connectivity index (χ1v) is 11.0. The Morgan fingerprint density at radius 3 is 2.22 bits per heavy atom. The number of nitrogens with zero attached hydrogens (tertiary/aromatic N) is 1. The summed E-state index contributed by atoms with van der Waals surface area (Å²) in [5.41, 5.74) is 11.8. The number of halogens is 1. The molecule has 32 heavy (non-hydrogen) atoms.